The number of aryl methyl sites for hydroxylation is 3. The zero-order chi connectivity index (χ0) is 23.3. The first-order valence-electron chi connectivity index (χ1n) is 10.4. The number of thiophene rings is 1. The minimum absolute atomic E-state index is 0.104. The van der Waals surface area contributed by atoms with Crippen LogP contribution >= 0.6 is 22.9 Å². The number of pyridine rings is 2. The Labute approximate surface area is 199 Å². The highest BCUT2D eigenvalue weighted by Crippen LogP contribution is 2.38. The van der Waals surface area contributed by atoms with E-state index in [0.717, 1.165) is 32.6 Å². The molecule has 0 fully saturated rings. The Bertz CT molecular complexity index is 1550. The van der Waals surface area contributed by atoms with E-state index in [1.54, 1.807) is 47.7 Å². The Hall–Kier alpha value is -3.26. The predicted octanol–water partition coefficient (Wildman–Crippen LogP) is 4.61. The van der Waals surface area contributed by atoms with Gasteiger partial charge in [0.05, 0.1) is 18.2 Å². The summed E-state index contributed by atoms with van der Waals surface area (Å²) in [5.41, 5.74) is 9.97. The molecule has 2 N–H and O–H groups in total. The maximum atomic E-state index is 12.7. The molecule has 0 amide bonds. The molecule has 0 bridgehead atoms. The van der Waals surface area contributed by atoms with Crippen LogP contribution in [0.1, 0.15) is 21.7 Å². The van der Waals surface area contributed by atoms with Crippen molar-refractivity contribution in [3.05, 3.63) is 104 Å². The molecule has 0 spiro atoms. The number of hydrogen-bond donors (Lipinski definition) is 1. The van der Waals surface area contributed by atoms with Gasteiger partial charge < -0.3 is 10.3 Å². The average molecular weight is 476 g/mol. The highest BCUT2D eigenvalue weighted by molar-refractivity contribution is 7.15. The van der Waals surface area contributed by atoms with E-state index in [2.05, 4.69) is 18.0 Å². The highest BCUT2D eigenvalue weighted by atomic mass is 35.5. The molecule has 0 aliphatic heterocycles. The number of nitrogens with zero attached hydrogens (tertiary/aromatic N) is 4. The molecule has 4 heterocycles. The second-order valence-electron chi connectivity index (χ2n) is 8.17. The molecule has 0 aliphatic carbocycles. The predicted molar refractivity (Wildman–Crippen MR) is 134 cm³/mol. The van der Waals surface area contributed by atoms with Crippen molar-refractivity contribution < 1.29 is 0 Å². The van der Waals surface area contributed by atoms with Gasteiger partial charge in [-0.15, -0.1) is 11.3 Å². The Balaban J connectivity index is 1.83. The monoisotopic (exact) mass is 475 g/mol. The van der Waals surface area contributed by atoms with E-state index in [9.17, 15) is 4.79 Å². The SMILES string of the molecule is Cc1ccc(-c2cc(=O)n(C)c3ncc(C(N)(c4ccc(Cl)cc4)c4cncn4C)cc23)s1. The quantitative estimate of drug-likeness (QED) is 0.411. The van der Waals surface area contributed by atoms with Crippen molar-refractivity contribution in [2.45, 2.75) is 12.5 Å². The van der Waals surface area contributed by atoms with Crippen molar-refractivity contribution in [1.29, 1.82) is 0 Å². The van der Waals surface area contributed by atoms with Gasteiger partial charge in [0.2, 0.25) is 0 Å². The first kappa shape index (κ1) is 21.6. The molecule has 1 atom stereocenters. The summed E-state index contributed by atoms with van der Waals surface area (Å²) in [7, 11) is 3.65. The lowest BCUT2D eigenvalue weighted by Crippen LogP contribution is -2.41. The van der Waals surface area contributed by atoms with Crippen LogP contribution in [0.25, 0.3) is 21.5 Å². The van der Waals surface area contributed by atoms with E-state index in [1.165, 1.54) is 4.88 Å². The van der Waals surface area contributed by atoms with Crippen molar-refractivity contribution in [3.63, 3.8) is 0 Å². The van der Waals surface area contributed by atoms with Gasteiger partial charge in [-0.2, -0.15) is 0 Å². The number of nitrogens with two attached hydrogens (primary N) is 1. The lowest BCUT2D eigenvalue weighted by Gasteiger charge is -2.31. The molecule has 1 aromatic carbocycles. The topological polar surface area (TPSA) is 78.7 Å². The fraction of sp³-hybridized carbons (Fsp3) is 0.160. The van der Waals surface area contributed by atoms with Gasteiger partial charge in [-0.05, 0) is 42.8 Å². The first-order valence-corrected chi connectivity index (χ1v) is 11.6. The normalized spacial score (nSPS) is 13.4. The first-order chi connectivity index (χ1) is 15.8. The highest BCUT2D eigenvalue weighted by Gasteiger charge is 2.35. The van der Waals surface area contributed by atoms with Gasteiger partial charge in [-0.3, -0.25) is 9.36 Å². The number of fused-ring (bicyclic) bond motifs is 1. The van der Waals surface area contributed by atoms with Crippen LogP contribution in [0.2, 0.25) is 5.02 Å². The summed E-state index contributed by atoms with van der Waals surface area (Å²) in [6.07, 6.45) is 5.24. The number of rotatable bonds is 4. The van der Waals surface area contributed by atoms with Crippen molar-refractivity contribution in [2.24, 2.45) is 19.8 Å². The molecule has 0 aliphatic rings. The van der Waals surface area contributed by atoms with Gasteiger partial charge in [0.1, 0.15) is 11.2 Å². The van der Waals surface area contributed by atoms with Crippen LogP contribution < -0.4 is 11.3 Å². The molecule has 166 valence electrons. The van der Waals surface area contributed by atoms with Crippen molar-refractivity contribution >= 4 is 34.0 Å². The standard InChI is InChI=1S/C25H22ClN5OS/c1-15-4-9-21(33-15)19-11-23(32)31(3)24-20(19)10-17(12-29-24)25(27,22-13-28-14-30(22)2)16-5-7-18(26)8-6-16/h4-14H,27H2,1-3H3. The number of hydrogen-bond acceptors (Lipinski definition) is 5. The van der Waals surface area contributed by atoms with Crippen LogP contribution in [-0.2, 0) is 19.6 Å². The van der Waals surface area contributed by atoms with Crippen molar-refractivity contribution in [2.75, 3.05) is 0 Å². The molecular formula is C25H22ClN5OS. The smallest absolute Gasteiger partial charge is 0.252 e. The van der Waals surface area contributed by atoms with E-state index in [0.29, 0.717) is 10.7 Å². The second-order valence-corrected chi connectivity index (χ2v) is 9.89. The molecule has 5 aromatic rings. The third-order valence-corrected chi connectivity index (χ3v) is 7.34. The van der Waals surface area contributed by atoms with Gasteiger partial charge >= 0.3 is 0 Å². The summed E-state index contributed by atoms with van der Waals surface area (Å²) in [5, 5.41) is 1.50. The van der Waals surface area contributed by atoms with E-state index < -0.39 is 5.54 Å². The number of benzene rings is 1. The summed E-state index contributed by atoms with van der Waals surface area (Å²) in [6.45, 7) is 2.05. The van der Waals surface area contributed by atoms with Gasteiger partial charge in [-0.25, -0.2) is 9.97 Å². The number of imidazole rings is 1. The van der Waals surface area contributed by atoms with Crippen LogP contribution in [0, 0.1) is 6.92 Å². The maximum Gasteiger partial charge on any atom is 0.252 e. The molecule has 6 nitrogen and oxygen atoms in total. The van der Waals surface area contributed by atoms with Crippen LogP contribution in [0.4, 0.5) is 0 Å². The minimum atomic E-state index is -1.03. The molecule has 1 unspecified atom stereocenters. The lowest BCUT2D eigenvalue weighted by molar-refractivity contribution is 0.594. The Kier molecular flexibility index (Phi) is 5.20. The van der Waals surface area contributed by atoms with Gasteiger partial charge in [0.25, 0.3) is 5.56 Å². The molecule has 0 saturated heterocycles. The zero-order valence-electron chi connectivity index (χ0n) is 18.4. The molecule has 8 heteroatoms. The second kappa shape index (κ2) is 7.95. The molecule has 33 heavy (non-hydrogen) atoms. The third kappa shape index (κ3) is 3.49. The van der Waals surface area contributed by atoms with Crippen LogP contribution in [0.15, 0.2) is 72.0 Å². The minimum Gasteiger partial charge on any atom is -0.336 e. The van der Waals surface area contributed by atoms with E-state index in [4.69, 9.17) is 22.3 Å². The molecule has 5 rings (SSSR count). The van der Waals surface area contributed by atoms with Crippen LogP contribution in [0.5, 0.6) is 0 Å². The Morgan fingerprint density at radius 1 is 1.03 bits per heavy atom. The van der Waals surface area contributed by atoms with Crippen LogP contribution in [0.3, 0.4) is 0 Å². The number of aromatic nitrogens is 4. The Morgan fingerprint density at radius 3 is 2.42 bits per heavy atom. The zero-order valence-corrected chi connectivity index (χ0v) is 20.0. The van der Waals surface area contributed by atoms with Gasteiger partial charge in [0.15, 0.2) is 0 Å². The third-order valence-electron chi connectivity index (χ3n) is 6.05. The summed E-state index contributed by atoms with van der Waals surface area (Å²) in [6, 6.07) is 15.3. The van der Waals surface area contributed by atoms with Crippen LogP contribution in [-0.4, -0.2) is 19.1 Å². The van der Waals surface area contributed by atoms with Crippen molar-refractivity contribution in [3.8, 4) is 10.4 Å². The molecule has 0 radical (unpaired) electrons. The fourth-order valence-corrected chi connectivity index (χ4v) is 5.26. The fourth-order valence-electron chi connectivity index (χ4n) is 4.24. The van der Waals surface area contributed by atoms with Crippen molar-refractivity contribution in [1.82, 2.24) is 19.1 Å². The van der Waals surface area contributed by atoms with E-state index in [1.807, 2.05) is 48.0 Å². The molecule has 0 saturated carbocycles. The Morgan fingerprint density at radius 2 is 1.79 bits per heavy atom. The molecule has 4 aromatic heterocycles. The summed E-state index contributed by atoms with van der Waals surface area (Å²) in [4.78, 5) is 23.9. The van der Waals surface area contributed by atoms with E-state index >= 15 is 0 Å². The summed E-state index contributed by atoms with van der Waals surface area (Å²) >= 11 is 7.81. The average Bonchev–Trinajstić information content (AvgIpc) is 3.44. The van der Waals surface area contributed by atoms with E-state index in [-0.39, 0.29) is 5.56 Å². The van der Waals surface area contributed by atoms with Gasteiger partial charge in [-0.1, -0.05) is 23.7 Å². The summed E-state index contributed by atoms with van der Waals surface area (Å²) < 4.78 is 3.47. The molecular weight excluding hydrogens is 454 g/mol. The summed E-state index contributed by atoms with van der Waals surface area (Å²) in [5.74, 6) is 0. The van der Waals surface area contributed by atoms with Gasteiger partial charge in [0, 0.05) is 57.6 Å². The lowest BCUT2D eigenvalue weighted by atomic mass is 9.81. The maximum absolute atomic E-state index is 12.7. The number of halogens is 1. The largest absolute Gasteiger partial charge is 0.336 e.